The molecule has 0 aromatic heterocycles. The first kappa shape index (κ1) is 15.4. The zero-order valence-electron chi connectivity index (χ0n) is 10.2. The highest BCUT2D eigenvalue weighted by atomic mass is 32.2. The molecular formula is C10H22N2O3S. The Morgan fingerprint density at radius 2 is 1.94 bits per heavy atom. The summed E-state index contributed by atoms with van der Waals surface area (Å²) in [7, 11) is -3.32. The molecule has 0 saturated heterocycles. The Bertz CT molecular complexity index is 323. The molecule has 3 N–H and O–H groups in total. The fourth-order valence-corrected chi connectivity index (χ4v) is 2.30. The molecule has 0 spiro atoms. The highest BCUT2D eigenvalue weighted by molar-refractivity contribution is 7.92. The molecule has 0 aliphatic heterocycles. The van der Waals surface area contributed by atoms with Crippen LogP contribution in [0.4, 0.5) is 0 Å². The van der Waals surface area contributed by atoms with Gasteiger partial charge in [-0.1, -0.05) is 6.92 Å². The Morgan fingerprint density at radius 3 is 2.38 bits per heavy atom. The minimum Gasteiger partial charge on any atom is -0.350 e. The van der Waals surface area contributed by atoms with E-state index in [0.717, 1.165) is 6.42 Å². The number of hydrogen-bond donors (Lipinski definition) is 2. The molecule has 0 heterocycles. The van der Waals surface area contributed by atoms with Crippen molar-refractivity contribution in [2.45, 2.75) is 39.2 Å². The van der Waals surface area contributed by atoms with Crippen molar-refractivity contribution >= 4 is 15.7 Å². The van der Waals surface area contributed by atoms with Crippen LogP contribution < -0.4 is 11.1 Å². The van der Waals surface area contributed by atoms with Crippen LogP contribution in [-0.2, 0) is 14.6 Å². The third-order valence-electron chi connectivity index (χ3n) is 2.37. The fraction of sp³-hybridized carbons (Fsp3) is 0.900. The summed E-state index contributed by atoms with van der Waals surface area (Å²) in [6.45, 7) is 5.97. The van der Waals surface area contributed by atoms with Gasteiger partial charge in [-0.15, -0.1) is 0 Å². The first-order valence-electron chi connectivity index (χ1n) is 5.44. The molecule has 0 aromatic carbocycles. The average Bonchev–Trinajstić information content (AvgIpc) is 2.13. The fourth-order valence-electron chi connectivity index (χ4n) is 1.08. The number of amides is 1. The minimum atomic E-state index is -3.32. The van der Waals surface area contributed by atoms with Crippen molar-refractivity contribution in [1.82, 2.24) is 5.32 Å². The smallest absolute Gasteiger partial charge is 0.235 e. The van der Waals surface area contributed by atoms with E-state index in [1.54, 1.807) is 0 Å². The first-order chi connectivity index (χ1) is 7.22. The molecule has 0 saturated carbocycles. The maximum Gasteiger partial charge on any atom is 0.235 e. The van der Waals surface area contributed by atoms with Crippen molar-refractivity contribution in [2.24, 2.45) is 5.73 Å². The lowest BCUT2D eigenvalue weighted by atomic mass is 10.0. The van der Waals surface area contributed by atoms with Crippen LogP contribution in [0, 0.1) is 0 Å². The maximum atomic E-state index is 11.5. The van der Waals surface area contributed by atoms with E-state index in [0.29, 0.717) is 13.0 Å². The van der Waals surface area contributed by atoms with E-state index in [9.17, 15) is 13.2 Å². The second-order valence-corrected chi connectivity index (χ2v) is 6.70. The minimum absolute atomic E-state index is 0.0243. The van der Waals surface area contributed by atoms with Crippen LogP contribution in [0.25, 0.3) is 0 Å². The molecule has 1 amide bonds. The molecule has 0 aromatic rings. The van der Waals surface area contributed by atoms with Gasteiger partial charge < -0.3 is 11.1 Å². The Morgan fingerprint density at radius 1 is 1.38 bits per heavy atom. The molecule has 0 atom stereocenters. The second kappa shape index (κ2) is 6.20. The number of carbonyl (C=O) groups is 1. The summed E-state index contributed by atoms with van der Waals surface area (Å²) in [5.74, 6) is -0.913. The Hall–Kier alpha value is -0.620. The summed E-state index contributed by atoms with van der Waals surface area (Å²) in [5.41, 5.74) is 4.86. The van der Waals surface area contributed by atoms with E-state index in [1.165, 1.54) is 0 Å². The van der Waals surface area contributed by atoms with Crippen molar-refractivity contribution < 1.29 is 13.2 Å². The Labute approximate surface area is 97.7 Å². The van der Waals surface area contributed by atoms with E-state index in [4.69, 9.17) is 5.73 Å². The summed E-state index contributed by atoms with van der Waals surface area (Å²) in [6.07, 6.45) is 1.15. The van der Waals surface area contributed by atoms with Gasteiger partial charge in [0.1, 0.15) is 5.75 Å². The Kier molecular flexibility index (Phi) is 5.96. The molecule has 0 bridgehead atoms. The number of sulfone groups is 1. The molecule has 0 fully saturated rings. The number of nitrogens with two attached hydrogens (primary N) is 1. The summed E-state index contributed by atoms with van der Waals surface area (Å²) in [6, 6.07) is 0. The summed E-state index contributed by atoms with van der Waals surface area (Å²) in [5, 5.41) is 2.69. The normalized spacial score (nSPS) is 12.5. The Balaban J connectivity index is 4.25. The summed E-state index contributed by atoms with van der Waals surface area (Å²) >= 11 is 0. The zero-order chi connectivity index (χ0) is 12.8. The third-order valence-corrected chi connectivity index (χ3v) is 3.98. The van der Waals surface area contributed by atoms with Gasteiger partial charge in [0.15, 0.2) is 9.84 Å². The number of rotatable bonds is 7. The molecule has 5 nitrogen and oxygen atoms in total. The van der Waals surface area contributed by atoms with Gasteiger partial charge >= 0.3 is 0 Å². The van der Waals surface area contributed by atoms with Crippen molar-refractivity contribution in [3.05, 3.63) is 0 Å². The van der Waals surface area contributed by atoms with Gasteiger partial charge in [-0.25, -0.2) is 8.42 Å². The lowest BCUT2D eigenvalue weighted by molar-refractivity contribution is -0.120. The largest absolute Gasteiger partial charge is 0.350 e. The zero-order valence-corrected chi connectivity index (χ0v) is 11.1. The van der Waals surface area contributed by atoms with Crippen LogP contribution >= 0.6 is 0 Å². The second-order valence-electron chi connectivity index (χ2n) is 4.52. The topological polar surface area (TPSA) is 89.3 Å². The van der Waals surface area contributed by atoms with Crippen LogP contribution in [0.3, 0.4) is 0 Å². The van der Waals surface area contributed by atoms with Crippen LogP contribution in [0.1, 0.15) is 33.6 Å². The molecule has 0 radical (unpaired) electrons. The molecule has 0 aliphatic carbocycles. The molecule has 0 aliphatic rings. The number of carbonyl (C=O) groups excluding carboxylic acids is 1. The average molecular weight is 250 g/mol. The molecule has 0 unspecified atom stereocenters. The lowest BCUT2D eigenvalue weighted by Gasteiger charge is -2.24. The van der Waals surface area contributed by atoms with Crippen LogP contribution in [0.5, 0.6) is 0 Å². The molecular weight excluding hydrogens is 228 g/mol. The van der Waals surface area contributed by atoms with Crippen molar-refractivity contribution in [2.75, 3.05) is 18.1 Å². The van der Waals surface area contributed by atoms with Gasteiger partial charge in [-0.2, -0.15) is 0 Å². The van der Waals surface area contributed by atoms with Gasteiger partial charge in [0.2, 0.25) is 5.91 Å². The molecule has 16 heavy (non-hydrogen) atoms. The van der Waals surface area contributed by atoms with Crippen LogP contribution in [0.2, 0.25) is 0 Å². The van der Waals surface area contributed by atoms with Gasteiger partial charge in [0.25, 0.3) is 0 Å². The quantitative estimate of drug-likeness (QED) is 0.668. The third kappa shape index (κ3) is 6.79. The van der Waals surface area contributed by atoms with Crippen molar-refractivity contribution in [3.63, 3.8) is 0 Å². The molecule has 0 rings (SSSR count). The van der Waals surface area contributed by atoms with Crippen LogP contribution in [-0.4, -0.2) is 37.9 Å². The van der Waals surface area contributed by atoms with Gasteiger partial charge in [0.05, 0.1) is 5.75 Å². The van der Waals surface area contributed by atoms with Crippen LogP contribution in [0.15, 0.2) is 0 Å². The first-order valence-corrected chi connectivity index (χ1v) is 7.26. The molecule has 96 valence electrons. The number of nitrogens with one attached hydrogen (secondary N) is 1. The highest BCUT2D eigenvalue weighted by Crippen LogP contribution is 2.06. The predicted octanol–water partition coefficient (Wildman–Crippen LogP) is 0.0548. The van der Waals surface area contributed by atoms with Gasteiger partial charge in [-0.05, 0) is 33.2 Å². The highest BCUT2D eigenvalue weighted by Gasteiger charge is 2.22. The van der Waals surface area contributed by atoms with E-state index in [1.807, 2.05) is 20.8 Å². The summed E-state index contributed by atoms with van der Waals surface area (Å²) in [4.78, 5) is 11.5. The monoisotopic (exact) mass is 250 g/mol. The van der Waals surface area contributed by atoms with E-state index < -0.39 is 21.5 Å². The summed E-state index contributed by atoms with van der Waals surface area (Å²) < 4.78 is 22.9. The van der Waals surface area contributed by atoms with Gasteiger partial charge in [-0.3, -0.25) is 4.79 Å². The van der Waals surface area contributed by atoms with E-state index >= 15 is 0 Å². The van der Waals surface area contributed by atoms with Gasteiger partial charge in [0, 0.05) is 5.54 Å². The number of hydrogen-bond acceptors (Lipinski definition) is 4. The lowest BCUT2D eigenvalue weighted by Crippen LogP contribution is -2.45. The van der Waals surface area contributed by atoms with Crippen molar-refractivity contribution in [1.29, 1.82) is 0 Å². The SMILES string of the molecule is CCC(C)(C)NC(=O)CS(=O)(=O)CCCN. The predicted molar refractivity (Wildman–Crippen MR) is 64.8 cm³/mol. The standard InChI is InChI=1S/C10H22N2O3S/c1-4-10(2,3)12-9(13)8-16(14,15)7-5-6-11/h4-8,11H2,1-3H3,(H,12,13). The van der Waals surface area contributed by atoms with E-state index in [-0.39, 0.29) is 11.3 Å². The van der Waals surface area contributed by atoms with E-state index in [2.05, 4.69) is 5.32 Å². The van der Waals surface area contributed by atoms with Crippen molar-refractivity contribution in [3.8, 4) is 0 Å². The molecule has 6 heteroatoms. The maximum absolute atomic E-state index is 11.5.